The van der Waals surface area contributed by atoms with Gasteiger partial charge in [0.25, 0.3) is 0 Å². The van der Waals surface area contributed by atoms with E-state index in [1.165, 1.54) is 23.4 Å². The summed E-state index contributed by atoms with van der Waals surface area (Å²) >= 11 is 0. The van der Waals surface area contributed by atoms with E-state index in [9.17, 15) is 0 Å². The lowest BCUT2D eigenvalue weighted by Crippen LogP contribution is -2.07. The predicted molar refractivity (Wildman–Crippen MR) is 57.0 cm³/mol. The molecule has 1 heterocycles. The highest BCUT2D eigenvalue weighted by atomic mass is 15.0. The SMILES string of the molecule is CCCn1c(C)cc(CNC)c1C. The number of hydrogen-bond acceptors (Lipinski definition) is 1. The van der Waals surface area contributed by atoms with E-state index in [1.807, 2.05) is 7.05 Å². The molecular weight excluding hydrogens is 160 g/mol. The van der Waals surface area contributed by atoms with E-state index in [1.54, 1.807) is 0 Å². The maximum absolute atomic E-state index is 3.19. The van der Waals surface area contributed by atoms with Gasteiger partial charge in [0.15, 0.2) is 0 Å². The number of rotatable bonds is 4. The summed E-state index contributed by atoms with van der Waals surface area (Å²) in [6.45, 7) is 8.72. The van der Waals surface area contributed by atoms with Crippen molar-refractivity contribution >= 4 is 0 Å². The maximum Gasteiger partial charge on any atom is 0.0222 e. The van der Waals surface area contributed by atoms with Gasteiger partial charge in [-0.25, -0.2) is 0 Å². The Balaban J connectivity index is 2.92. The Labute approximate surface area is 81.0 Å². The minimum absolute atomic E-state index is 0.976. The molecule has 1 aromatic heterocycles. The van der Waals surface area contributed by atoms with Crippen LogP contribution in [0, 0.1) is 13.8 Å². The van der Waals surface area contributed by atoms with Crippen molar-refractivity contribution in [3.63, 3.8) is 0 Å². The number of aryl methyl sites for hydroxylation is 1. The van der Waals surface area contributed by atoms with Crippen molar-refractivity contribution in [2.75, 3.05) is 7.05 Å². The normalized spacial score (nSPS) is 10.8. The predicted octanol–water partition coefficient (Wildman–Crippen LogP) is 2.23. The van der Waals surface area contributed by atoms with Crippen LogP contribution in [0.25, 0.3) is 0 Å². The van der Waals surface area contributed by atoms with E-state index in [0.717, 1.165) is 13.1 Å². The molecule has 0 atom stereocenters. The second-order valence-corrected chi connectivity index (χ2v) is 3.58. The van der Waals surface area contributed by atoms with Gasteiger partial charge in [0.2, 0.25) is 0 Å². The molecule has 74 valence electrons. The van der Waals surface area contributed by atoms with E-state index in [-0.39, 0.29) is 0 Å². The zero-order valence-electron chi connectivity index (χ0n) is 9.15. The summed E-state index contributed by atoms with van der Waals surface area (Å²) in [6, 6.07) is 2.28. The molecular formula is C11H20N2. The van der Waals surface area contributed by atoms with Crippen LogP contribution in [0.4, 0.5) is 0 Å². The number of nitrogens with one attached hydrogen (secondary N) is 1. The van der Waals surface area contributed by atoms with E-state index in [0.29, 0.717) is 0 Å². The standard InChI is InChI=1S/C11H20N2/c1-5-6-13-9(2)7-11(8-12-4)10(13)3/h7,12H,5-6,8H2,1-4H3. The zero-order valence-corrected chi connectivity index (χ0v) is 9.15. The Bertz CT molecular complexity index is 274. The monoisotopic (exact) mass is 180 g/mol. The van der Waals surface area contributed by atoms with Crippen molar-refractivity contribution in [1.29, 1.82) is 0 Å². The smallest absolute Gasteiger partial charge is 0.0222 e. The first-order valence-corrected chi connectivity index (χ1v) is 5.01. The first kappa shape index (κ1) is 10.3. The van der Waals surface area contributed by atoms with E-state index in [4.69, 9.17) is 0 Å². The fraction of sp³-hybridized carbons (Fsp3) is 0.636. The van der Waals surface area contributed by atoms with Crippen LogP contribution in [-0.4, -0.2) is 11.6 Å². The summed E-state index contributed by atoms with van der Waals surface area (Å²) in [5, 5.41) is 3.19. The van der Waals surface area contributed by atoms with Crippen LogP contribution in [0.5, 0.6) is 0 Å². The average molecular weight is 180 g/mol. The van der Waals surface area contributed by atoms with Crippen LogP contribution < -0.4 is 5.32 Å². The molecule has 1 N–H and O–H groups in total. The van der Waals surface area contributed by atoms with E-state index in [2.05, 4.69) is 36.7 Å². The molecule has 1 rings (SSSR count). The van der Waals surface area contributed by atoms with Gasteiger partial charge in [-0.05, 0) is 38.9 Å². The van der Waals surface area contributed by atoms with Gasteiger partial charge in [0, 0.05) is 24.5 Å². The van der Waals surface area contributed by atoms with Crippen molar-refractivity contribution in [3.8, 4) is 0 Å². The summed E-state index contributed by atoms with van der Waals surface area (Å²) in [4.78, 5) is 0. The first-order chi connectivity index (χ1) is 6.20. The van der Waals surface area contributed by atoms with Gasteiger partial charge >= 0.3 is 0 Å². The van der Waals surface area contributed by atoms with Gasteiger partial charge < -0.3 is 9.88 Å². The average Bonchev–Trinajstić information content (AvgIpc) is 2.34. The molecule has 0 amide bonds. The molecule has 0 spiro atoms. The molecule has 0 aromatic carbocycles. The molecule has 0 aliphatic heterocycles. The van der Waals surface area contributed by atoms with E-state index >= 15 is 0 Å². The molecule has 2 nitrogen and oxygen atoms in total. The molecule has 0 saturated carbocycles. The van der Waals surface area contributed by atoms with Crippen molar-refractivity contribution in [1.82, 2.24) is 9.88 Å². The van der Waals surface area contributed by atoms with Gasteiger partial charge in [-0.2, -0.15) is 0 Å². The Hall–Kier alpha value is -0.760. The number of hydrogen-bond donors (Lipinski definition) is 1. The Morgan fingerprint density at radius 3 is 2.62 bits per heavy atom. The van der Waals surface area contributed by atoms with Gasteiger partial charge in [-0.3, -0.25) is 0 Å². The van der Waals surface area contributed by atoms with E-state index < -0.39 is 0 Å². The van der Waals surface area contributed by atoms with Crippen LogP contribution in [0.2, 0.25) is 0 Å². The van der Waals surface area contributed by atoms with Crippen molar-refractivity contribution < 1.29 is 0 Å². The third kappa shape index (κ3) is 2.13. The largest absolute Gasteiger partial charge is 0.349 e. The molecule has 0 fully saturated rings. The Kier molecular flexibility index (Phi) is 3.55. The minimum atomic E-state index is 0.976. The summed E-state index contributed by atoms with van der Waals surface area (Å²) in [5.41, 5.74) is 4.21. The molecule has 0 saturated heterocycles. The number of nitrogens with zero attached hydrogens (tertiary/aromatic N) is 1. The summed E-state index contributed by atoms with van der Waals surface area (Å²) in [5.74, 6) is 0. The molecule has 0 unspecified atom stereocenters. The van der Waals surface area contributed by atoms with Gasteiger partial charge in [-0.1, -0.05) is 6.92 Å². The van der Waals surface area contributed by atoms with Gasteiger partial charge in [-0.15, -0.1) is 0 Å². The van der Waals surface area contributed by atoms with Crippen LogP contribution in [0.1, 0.15) is 30.3 Å². The highest BCUT2D eigenvalue weighted by Crippen LogP contribution is 2.15. The highest BCUT2D eigenvalue weighted by Gasteiger charge is 2.06. The Morgan fingerprint density at radius 2 is 2.08 bits per heavy atom. The second kappa shape index (κ2) is 4.47. The summed E-state index contributed by atoms with van der Waals surface area (Å²) < 4.78 is 2.40. The lowest BCUT2D eigenvalue weighted by Gasteiger charge is -2.07. The highest BCUT2D eigenvalue weighted by molar-refractivity contribution is 5.26. The lowest BCUT2D eigenvalue weighted by molar-refractivity contribution is 0.644. The molecule has 1 aromatic rings. The fourth-order valence-electron chi connectivity index (χ4n) is 1.81. The van der Waals surface area contributed by atoms with Crippen LogP contribution in [-0.2, 0) is 13.1 Å². The first-order valence-electron chi connectivity index (χ1n) is 5.01. The molecule has 0 bridgehead atoms. The topological polar surface area (TPSA) is 17.0 Å². The number of aromatic nitrogens is 1. The van der Waals surface area contributed by atoms with Crippen LogP contribution in [0.3, 0.4) is 0 Å². The summed E-state index contributed by atoms with van der Waals surface area (Å²) in [6.07, 6.45) is 1.20. The van der Waals surface area contributed by atoms with Gasteiger partial charge in [0.1, 0.15) is 0 Å². The zero-order chi connectivity index (χ0) is 9.84. The van der Waals surface area contributed by atoms with Crippen molar-refractivity contribution in [2.24, 2.45) is 0 Å². The van der Waals surface area contributed by atoms with Crippen molar-refractivity contribution in [2.45, 2.75) is 40.3 Å². The molecule has 13 heavy (non-hydrogen) atoms. The maximum atomic E-state index is 3.19. The second-order valence-electron chi connectivity index (χ2n) is 3.58. The molecule has 2 heteroatoms. The third-order valence-electron chi connectivity index (χ3n) is 2.49. The third-order valence-corrected chi connectivity index (χ3v) is 2.49. The quantitative estimate of drug-likeness (QED) is 0.752. The van der Waals surface area contributed by atoms with Crippen molar-refractivity contribution in [3.05, 3.63) is 23.0 Å². The van der Waals surface area contributed by atoms with Crippen LogP contribution in [0.15, 0.2) is 6.07 Å². The summed E-state index contributed by atoms with van der Waals surface area (Å²) in [7, 11) is 1.99. The van der Waals surface area contributed by atoms with Crippen LogP contribution >= 0.6 is 0 Å². The minimum Gasteiger partial charge on any atom is -0.349 e. The fourth-order valence-corrected chi connectivity index (χ4v) is 1.81. The Morgan fingerprint density at radius 1 is 1.38 bits per heavy atom. The molecule has 0 aliphatic rings. The molecule has 0 aliphatic carbocycles. The lowest BCUT2D eigenvalue weighted by atomic mass is 10.2. The molecule has 0 radical (unpaired) electrons. The van der Waals surface area contributed by atoms with Gasteiger partial charge in [0.05, 0.1) is 0 Å².